The monoisotopic (exact) mass is 242 g/mol. The standard InChI is InChI=1S/C9H8O3.C6H6/c1-12-9(11)8-5-3-2-4-7(8)6-10;1-2-4-6-5-3-1/h2-6H,1H3;1-6H. The summed E-state index contributed by atoms with van der Waals surface area (Å²) < 4.78 is 4.48. The Morgan fingerprint density at radius 1 is 0.944 bits per heavy atom. The molecule has 0 atom stereocenters. The molecule has 3 heteroatoms. The maximum absolute atomic E-state index is 11.0. The van der Waals surface area contributed by atoms with Gasteiger partial charge in [-0.25, -0.2) is 4.79 Å². The number of hydrogen-bond acceptors (Lipinski definition) is 3. The van der Waals surface area contributed by atoms with Crippen LogP contribution in [0.25, 0.3) is 0 Å². The van der Waals surface area contributed by atoms with Crippen LogP contribution in [-0.2, 0) is 4.74 Å². The highest BCUT2D eigenvalue weighted by molar-refractivity contribution is 5.98. The third-order valence-corrected chi connectivity index (χ3v) is 2.16. The minimum Gasteiger partial charge on any atom is -0.465 e. The molecule has 0 spiro atoms. The first-order valence-corrected chi connectivity index (χ1v) is 5.42. The molecule has 0 radical (unpaired) electrons. The maximum atomic E-state index is 11.0. The van der Waals surface area contributed by atoms with E-state index in [2.05, 4.69) is 4.74 Å². The van der Waals surface area contributed by atoms with E-state index in [1.807, 2.05) is 36.4 Å². The van der Waals surface area contributed by atoms with Gasteiger partial charge in [0.05, 0.1) is 12.7 Å². The highest BCUT2D eigenvalue weighted by Gasteiger charge is 2.08. The van der Waals surface area contributed by atoms with Crippen LogP contribution < -0.4 is 0 Å². The second-order valence-electron chi connectivity index (χ2n) is 3.35. The highest BCUT2D eigenvalue weighted by Crippen LogP contribution is 2.06. The Kier molecular flexibility index (Phi) is 5.90. The van der Waals surface area contributed by atoms with Crippen LogP contribution in [0.5, 0.6) is 0 Å². The van der Waals surface area contributed by atoms with Crippen LogP contribution in [0.15, 0.2) is 60.7 Å². The quantitative estimate of drug-likeness (QED) is 0.600. The topological polar surface area (TPSA) is 43.4 Å². The van der Waals surface area contributed by atoms with Crippen molar-refractivity contribution in [2.45, 2.75) is 0 Å². The Labute approximate surface area is 106 Å². The van der Waals surface area contributed by atoms with E-state index in [1.165, 1.54) is 7.11 Å². The first-order valence-electron chi connectivity index (χ1n) is 5.42. The average molecular weight is 242 g/mol. The van der Waals surface area contributed by atoms with Gasteiger partial charge in [-0.15, -0.1) is 0 Å². The third-order valence-electron chi connectivity index (χ3n) is 2.16. The number of esters is 1. The Hall–Kier alpha value is -2.42. The summed E-state index contributed by atoms with van der Waals surface area (Å²) in [5, 5.41) is 0. The molecule has 0 aliphatic rings. The Morgan fingerprint density at radius 3 is 1.89 bits per heavy atom. The number of methoxy groups -OCH3 is 1. The lowest BCUT2D eigenvalue weighted by atomic mass is 10.1. The van der Waals surface area contributed by atoms with Crippen molar-refractivity contribution in [3.63, 3.8) is 0 Å². The molecule has 18 heavy (non-hydrogen) atoms. The summed E-state index contributed by atoms with van der Waals surface area (Å²) in [5.74, 6) is -0.488. The van der Waals surface area contributed by atoms with Crippen LogP contribution in [0.1, 0.15) is 20.7 Å². The van der Waals surface area contributed by atoms with Crippen molar-refractivity contribution >= 4 is 12.3 Å². The Balaban J connectivity index is 0.000000225. The number of aldehydes is 1. The number of carbonyl (C=O) groups is 2. The molecule has 0 fully saturated rings. The summed E-state index contributed by atoms with van der Waals surface area (Å²) >= 11 is 0. The van der Waals surface area contributed by atoms with Crippen molar-refractivity contribution in [1.82, 2.24) is 0 Å². The van der Waals surface area contributed by atoms with Crippen LogP contribution >= 0.6 is 0 Å². The van der Waals surface area contributed by atoms with Crippen molar-refractivity contribution in [3.8, 4) is 0 Å². The summed E-state index contributed by atoms with van der Waals surface area (Å²) in [7, 11) is 1.28. The van der Waals surface area contributed by atoms with Gasteiger partial charge in [-0.2, -0.15) is 0 Å². The van der Waals surface area contributed by atoms with E-state index in [-0.39, 0.29) is 0 Å². The van der Waals surface area contributed by atoms with Gasteiger partial charge in [0.15, 0.2) is 6.29 Å². The maximum Gasteiger partial charge on any atom is 0.338 e. The van der Waals surface area contributed by atoms with Crippen molar-refractivity contribution in [2.24, 2.45) is 0 Å². The number of carbonyl (C=O) groups excluding carboxylic acids is 2. The molecule has 2 aromatic rings. The molecule has 0 aliphatic carbocycles. The summed E-state index contributed by atoms with van der Waals surface area (Å²) in [6, 6.07) is 18.5. The Bertz CT molecular complexity index is 465. The molecule has 0 amide bonds. The second kappa shape index (κ2) is 7.79. The van der Waals surface area contributed by atoms with Crippen LogP contribution in [0.3, 0.4) is 0 Å². The van der Waals surface area contributed by atoms with E-state index in [4.69, 9.17) is 0 Å². The smallest absolute Gasteiger partial charge is 0.338 e. The SMILES string of the molecule is COC(=O)c1ccccc1C=O.c1ccccc1. The summed E-state index contributed by atoms with van der Waals surface area (Å²) in [5.41, 5.74) is 0.652. The van der Waals surface area contributed by atoms with Crippen LogP contribution in [-0.4, -0.2) is 19.4 Å². The predicted octanol–water partition coefficient (Wildman–Crippen LogP) is 2.97. The van der Waals surface area contributed by atoms with Gasteiger partial charge in [-0.1, -0.05) is 54.6 Å². The van der Waals surface area contributed by atoms with E-state index in [0.717, 1.165) is 0 Å². The molecule has 2 aromatic carbocycles. The van der Waals surface area contributed by atoms with Crippen LogP contribution in [0, 0.1) is 0 Å². The van der Waals surface area contributed by atoms with E-state index in [1.54, 1.807) is 24.3 Å². The molecule has 0 heterocycles. The fourth-order valence-electron chi connectivity index (χ4n) is 1.28. The van der Waals surface area contributed by atoms with E-state index in [9.17, 15) is 9.59 Å². The molecule has 0 bridgehead atoms. The molecule has 0 unspecified atom stereocenters. The summed E-state index contributed by atoms with van der Waals surface area (Å²) in [6.07, 6.45) is 0.631. The molecule has 0 aliphatic heterocycles. The zero-order valence-electron chi connectivity index (χ0n) is 10.1. The second-order valence-corrected chi connectivity index (χ2v) is 3.35. The van der Waals surface area contributed by atoms with Gasteiger partial charge in [0.25, 0.3) is 0 Å². The molecule has 3 nitrogen and oxygen atoms in total. The van der Waals surface area contributed by atoms with Crippen molar-refractivity contribution < 1.29 is 14.3 Å². The van der Waals surface area contributed by atoms with Crippen LogP contribution in [0.4, 0.5) is 0 Å². The van der Waals surface area contributed by atoms with E-state index in [0.29, 0.717) is 17.4 Å². The normalized spacial score (nSPS) is 8.72. The Morgan fingerprint density at radius 2 is 1.44 bits per heavy atom. The highest BCUT2D eigenvalue weighted by atomic mass is 16.5. The lowest BCUT2D eigenvalue weighted by Gasteiger charge is -2.00. The van der Waals surface area contributed by atoms with Gasteiger partial charge in [-0.05, 0) is 6.07 Å². The van der Waals surface area contributed by atoms with E-state index < -0.39 is 5.97 Å². The largest absolute Gasteiger partial charge is 0.465 e. The van der Waals surface area contributed by atoms with Gasteiger partial charge in [0.2, 0.25) is 0 Å². The predicted molar refractivity (Wildman–Crippen MR) is 69.6 cm³/mol. The molecular weight excluding hydrogens is 228 g/mol. The summed E-state index contributed by atoms with van der Waals surface area (Å²) in [6.45, 7) is 0. The zero-order valence-corrected chi connectivity index (χ0v) is 10.1. The summed E-state index contributed by atoms with van der Waals surface area (Å²) in [4.78, 5) is 21.5. The minimum absolute atomic E-state index is 0.301. The fourth-order valence-corrected chi connectivity index (χ4v) is 1.28. The van der Waals surface area contributed by atoms with Crippen LogP contribution in [0.2, 0.25) is 0 Å². The lowest BCUT2D eigenvalue weighted by molar-refractivity contribution is 0.0598. The first-order chi connectivity index (χ1) is 8.79. The van der Waals surface area contributed by atoms with Crippen molar-refractivity contribution in [2.75, 3.05) is 7.11 Å². The van der Waals surface area contributed by atoms with Gasteiger partial charge in [-0.3, -0.25) is 4.79 Å². The minimum atomic E-state index is -0.488. The molecule has 0 aromatic heterocycles. The molecule has 0 N–H and O–H groups in total. The first kappa shape index (κ1) is 13.6. The lowest BCUT2D eigenvalue weighted by Crippen LogP contribution is -2.04. The van der Waals surface area contributed by atoms with E-state index >= 15 is 0 Å². The van der Waals surface area contributed by atoms with Crippen molar-refractivity contribution in [3.05, 3.63) is 71.8 Å². The molecule has 92 valence electrons. The number of rotatable bonds is 2. The van der Waals surface area contributed by atoms with Gasteiger partial charge in [0, 0.05) is 5.56 Å². The fraction of sp³-hybridized carbons (Fsp3) is 0.0667. The molecule has 0 saturated carbocycles. The molecule has 0 saturated heterocycles. The third kappa shape index (κ3) is 4.22. The van der Waals surface area contributed by atoms with Gasteiger partial charge < -0.3 is 4.74 Å². The average Bonchev–Trinajstić information content (AvgIpc) is 2.48. The zero-order chi connectivity index (χ0) is 13.2. The van der Waals surface area contributed by atoms with Crippen molar-refractivity contribution in [1.29, 1.82) is 0 Å². The van der Waals surface area contributed by atoms with Gasteiger partial charge >= 0.3 is 5.97 Å². The molecule has 2 rings (SSSR count). The number of benzene rings is 2. The number of hydrogen-bond donors (Lipinski definition) is 0. The molecular formula is C15H14O3. The number of ether oxygens (including phenoxy) is 1. The van der Waals surface area contributed by atoms with Gasteiger partial charge in [0.1, 0.15) is 0 Å².